The van der Waals surface area contributed by atoms with Gasteiger partial charge in [-0.25, -0.2) is 4.79 Å². The molecule has 1 saturated heterocycles. The van der Waals surface area contributed by atoms with Crippen LogP contribution in [0.1, 0.15) is 44.1 Å². The van der Waals surface area contributed by atoms with Crippen LogP contribution in [0, 0.1) is 5.92 Å². The number of carboxylic acid groups (broad SMARTS) is 1. The maximum absolute atomic E-state index is 13.8. The summed E-state index contributed by atoms with van der Waals surface area (Å²) in [5.74, 6) is -1.15. The van der Waals surface area contributed by atoms with E-state index < -0.39 is 30.1 Å². The van der Waals surface area contributed by atoms with Crippen LogP contribution >= 0.6 is 0 Å². The molecule has 1 aliphatic carbocycles. The summed E-state index contributed by atoms with van der Waals surface area (Å²) in [5.41, 5.74) is 1.31. The zero-order valence-corrected chi connectivity index (χ0v) is 22.2. The quantitative estimate of drug-likeness (QED) is 0.450. The van der Waals surface area contributed by atoms with Crippen molar-refractivity contribution >= 4 is 29.5 Å². The van der Waals surface area contributed by atoms with Gasteiger partial charge in [0, 0.05) is 24.8 Å². The number of amides is 4. The monoisotopic (exact) mass is 536 g/mol. The molecule has 4 rings (SSSR count). The lowest BCUT2D eigenvalue weighted by molar-refractivity contribution is -0.142. The number of anilines is 1. The fourth-order valence-corrected chi connectivity index (χ4v) is 5.44. The lowest BCUT2D eigenvalue weighted by atomic mass is 9.82. The van der Waals surface area contributed by atoms with Gasteiger partial charge in [-0.05, 0) is 48.6 Å². The standard InChI is InChI=1S/C29H36N4O6/c1-39-23-14-12-22(13-15-23)30-29(38)33-17-16-32(25(34)18-20-8-4-2-5-9-20)28(33)27(37)31-24(19-26(35)36)21-10-6-3-7-11-21/h2,4-5,8-9,12-15,21,24,28H,3,6-7,10-11,16-19H2,1H3,(H,30,38)(H,31,37)(H,35,36). The average molecular weight is 537 g/mol. The van der Waals surface area contributed by atoms with E-state index in [1.54, 1.807) is 31.4 Å². The molecule has 2 aromatic rings. The van der Waals surface area contributed by atoms with E-state index in [4.69, 9.17) is 4.74 Å². The van der Waals surface area contributed by atoms with Crippen LogP contribution < -0.4 is 15.4 Å². The number of aliphatic carboxylic acids is 1. The fraction of sp³-hybridized carbons (Fsp3) is 0.448. The van der Waals surface area contributed by atoms with Crippen molar-refractivity contribution < 1.29 is 29.0 Å². The topological polar surface area (TPSA) is 128 Å². The first-order valence-corrected chi connectivity index (χ1v) is 13.4. The van der Waals surface area contributed by atoms with Crippen LogP contribution in [0.5, 0.6) is 5.75 Å². The van der Waals surface area contributed by atoms with Crippen molar-refractivity contribution in [2.45, 2.75) is 57.2 Å². The Morgan fingerprint density at radius 3 is 2.26 bits per heavy atom. The van der Waals surface area contributed by atoms with Gasteiger partial charge < -0.3 is 25.4 Å². The Balaban J connectivity index is 1.55. The summed E-state index contributed by atoms with van der Waals surface area (Å²) < 4.78 is 5.16. The highest BCUT2D eigenvalue weighted by Gasteiger charge is 2.44. The number of hydrogen-bond acceptors (Lipinski definition) is 5. The largest absolute Gasteiger partial charge is 0.497 e. The highest BCUT2D eigenvalue weighted by atomic mass is 16.5. The molecular weight excluding hydrogens is 500 g/mol. The normalized spacial score (nSPS) is 18.3. The second-order valence-electron chi connectivity index (χ2n) is 10.1. The zero-order chi connectivity index (χ0) is 27.8. The Bertz CT molecular complexity index is 1150. The molecular formula is C29H36N4O6. The Morgan fingerprint density at radius 1 is 0.949 bits per heavy atom. The number of methoxy groups -OCH3 is 1. The molecule has 0 radical (unpaired) electrons. The van der Waals surface area contributed by atoms with Crippen LogP contribution in [0.15, 0.2) is 54.6 Å². The van der Waals surface area contributed by atoms with Gasteiger partial charge in [0.15, 0.2) is 6.17 Å². The van der Waals surface area contributed by atoms with Crippen molar-refractivity contribution in [1.82, 2.24) is 15.1 Å². The molecule has 0 aromatic heterocycles. The van der Waals surface area contributed by atoms with Crippen LogP contribution in [-0.2, 0) is 20.8 Å². The van der Waals surface area contributed by atoms with Crippen molar-refractivity contribution in [2.75, 3.05) is 25.5 Å². The molecule has 10 nitrogen and oxygen atoms in total. The molecule has 0 spiro atoms. The van der Waals surface area contributed by atoms with Crippen molar-refractivity contribution in [1.29, 1.82) is 0 Å². The molecule has 4 amide bonds. The number of nitrogens with one attached hydrogen (secondary N) is 2. The molecule has 208 valence electrons. The molecule has 2 atom stereocenters. The maximum atomic E-state index is 13.8. The molecule has 2 fully saturated rings. The number of carbonyl (C=O) groups excluding carboxylic acids is 3. The van der Waals surface area contributed by atoms with E-state index in [-0.39, 0.29) is 37.8 Å². The van der Waals surface area contributed by atoms with Crippen LogP contribution in [0.4, 0.5) is 10.5 Å². The summed E-state index contributed by atoms with van der Waals surface area (Å²) in [5, 5.41) is 15.3. The summed E-state index contributed by atoms with van der Waals surface area (Å²) in [7, 11) is 1.55. The predicted octanol–water partition coefficient (Wildman–Crippen LogP) is 3.48. The first kappa shape index (κ1) is 27.9. The van der Waals surface area contributed by atoms with Gasteiger partial charge in [0.25, 0.3) is 5.91 Å². The first-order valence-electron chi connectivity index (χ1n) is 13.4. The number of urea groups is 1. The Kier molecular flexibility index (Phi) is 9.40. The third-order valence-corrected chi connectivity index (χ3v) is 7.47. The minimum atomic E-state index is -1.20. The van der Waals surface area contributed by atoms with Gasteiger partial charge in [0.05, 0.1) is 20.0 Å². The van der Waals surface area contributed by atoms with Crippen LogP contribution in [0.2, 0.25) is 0 Å². The Morgan fingerprint density at radius 2 is 1.62 bits per heavy atom. The molecule has 1 aliphatic heterocycles. The number of rotatable bonds is 9. The number of nitrogens with zero attached hydrogens (tertiary/aromatic N) is 2. The SMILES string of the molecule is COc1ccc(NC(=O)N2CCN(C(=O)Cc3ccccc3)C2C(=O)NC(CC(=O)O)C2CCCCC2)cc1. The fourth-order valence-electron chi connectivity index (χ4n) is 5.44. The molecule has 0 bridgehead atoms. The lowest BCUT2D eigenvalue weighted by Gasteiger charge is -2.34. The summed E-state index contributed by atoms with van der Waals surface area (Å²) >= 11 is 0. The molecule has 2 unspecified atom stereocenters. The van der Waals surface area contributed by atoms with E-state index in [0.29, 0.717) is 11.4 Å². The van der Waals surface area contributed by atoms with E-state index in [9.17, 15) is 24.3 Å². The van der Waals surface area contributed by atoms with E-state index in [1.807, 2.05) is 30.3 Å². The van der Waals surface area contributed by atoms with E-state index in [0.717, 1.165) is 37.7 Å². The van der Waals surface area contributed by atoms with Gasteiger partial charge in [-0.3, -0.25) is 19.3 Å². The van der Waals surface area contributed by atoms with E-state index in [2.05, 4.69) is 10.6 Å². The number of carbonyl (C=O) groups is 4. The number of ether oxygens (including phenoxy) is 1. The average Bonchev–Trinajstić information content (AvgIpc) is 3.40. The van der Waals surface area contributed by atoms with Gasteiger partial charge in [-0.1, -0.05) is 49.6 Å². The smallest absolute Gasteiger partial charge is 0.323 e. The maximum Gasteiger partial charge on any atom is 0.323 e. The second-order valence-corrected chi connectivity index (χ2v) is 10.1. The van der Waals surface area contributed by atoms with Crippen molar-refractivity contribution in [3.05, 3.63) is 60.2 Å². The van der Waals surface area contributed by atoms with Crippen molar-refractivity contribution in [3.8, 4) is 5.75 Å². The van der Waals surface area contributed by atoms with Gasteiger partial charge >= 0.3 is 12.0 Å². The van der Waals surface area contributed by atoms with Gasteiger partial charge in [-0.2, -0.15) is 0 Å². The zero-order valence-electron chi connectivity index (χ0n) is 22.2. The minimum Gasteiger partial charge on any atom is -0.497 e. The molecule has 1 heterocycles. The molecule has 2 aromatic carbocycles. The van der Waals surface area contributed by atoms with E-state index in [1.165, 1.54) is 9.80 Å². The summed E-state index contributed by atoms with van der Waals surface area (Å²) in [6.07, 6.45) is 3.41. The van der Waals surface area contributed by atoms with Crippen LogP contribution in [-0.4, -0.2) is 71.1 Å². The number of hydrogen-bond donors (Lipinski definition) is 3. The van der Waals surface area contributed by atoms with Gasteiger partial charge in [-0.15, -0.1) is 0 Å². The third kappa shape index (κ3) is 7.28. The lowest BCUT2D eigenvalue weighted by Crippen LogP contribution is -2.57. The summed E-state index contributed by atoms with van der Waals surface area (Å²) in [4.78, 5) is 54.9. The van der Waals surface area contributed by atoms with Crippen molar-refractivity contribution in [2.24, 2.45) is 5.92 Å². The molecule has 10 heteroatoms. The summed E-state index contributed by atoms with van der Waals surface area (Å²) in [6.45, 7) is 0.348. The Hall–Kier alpha value is -4.08. The highest BCUT2D eigenvalue weighted by molar-refractivity contribution is 5.96. The van der Waals surface area contributed by atoms with Gasteiger partial charge in [0.2, 0.25) is 5.91 Å². The molecule has 39 heavy (non-hydrogen) atoms. The Labute approximate surface area is 228 Å². The van der Waals surface area contributed by atoms with E-state index >= 15 is 0 Å². The third-order valence-electron chi connectivity index (χ3n) is 7.47. The van der Waals surface area contributed by atoms with Crippen LogP contribution in [0.3, 0.4) is 0 Å². The summed E-state index contributed by atoms with van der Waals surface area (Å²) in [6, 6.07) is 14.9. The predicted molar refractivity (Wildman–Crippen MR) is 145 cm³/mol. The molecule has 3 N–H and O–H groups in total. The molecule has 1 saturated carbocycles. The van der Waals surface area contributed by atoms with Gasteiger partial charge in [0.1, 0.15) is 5.75 Å². The highest BCUT2D eigenvalue weighted by Crippen LogP contribution is 2.29. The molecule has 2 aliphatic rings. The van der Waals surface area contributed by atoms with Crippen LogP contribution in [0.25, 0.3) is 0 Å². The number of carboxylic acids is 1. The number of benzene rings is 2. The van der Waals surface area contributed by atoms with Crippen molar-refractivity contribution in [3.63, 3.8) is 0 Å². The minimum absolute atomic E-state index is 0.0373. The second kappa shape index (κ2) is 13.1. The first-order chi connectivity index (χ1) is 18.9.